The predicted octanol–water partition coefficient (Wildman–Crippen LogP) is 3.16. The van der Waals surface area contributed by atoms with Crippen molar-refractivity contribution < 1.29 is 35.8 Å². The molecule has 0 aliphatic carbocycles. The number of hydrogen-bond acceptors (Lipinski definition) is 7. The molecule has 0 bridgehead atoms. The molecule has 14 heteroatoms. The molecule has 0 saturated carbocycles. The minimum atomic E-state index is -4.38. The van der Waals surface area contributed by atoms with Gasteiger partial charge in [-0.05, 0) is 12.1 Å². The van der Waals surface area contributed by atoms with Gasteiger partial charge in [0.1, 0.15) is 28.1 Å². The van der Waals surface area contributed by atoms with Gasteiger partial charge >= 0.3 is 6.61 Å². The molecule has 0 atom stereocenters. The molecule has 0 aliphatic rings. The van der Waals surface area contributed by atoms with Gasteiger partial charge in [-0.1, -0.05) is 11.6 Å². The fraction of sp³-hybridized carbons (Fsp3) is 0.250. The van der Waals surface area contributed by atoms with Crippen molar-refractivity contribution in [1.82, 2.24) is 15.0 Å². The molecule has 9 nitrogen and oxygen atoms in total. The van der Waals surface area contributed by atoms with Gasteiger partial charge in [-0.15, -0.1) is 0 Å². The van der Waals surface area contributed by atoms with Crippen LogP contribution in [-0.4, -0.2) is 50.9 Å². The molecular weight excluding hydrogens is 453 g/mol. The highest BCUT2D eigenvalue weighted by Crippen LogP contribution is 2.36. The van der Waals surface area contributed by atoms with Crippen LogP contribution in [0.15, 0.2) is 29.3 Å². The van der Waals surface area contributed by atoms with Crippen LogP contribution in [0.5, 0.6) is 11.8 Å². The highest BCUT2D eigenvalue weighted by molar-refractivity contribution is 7.93. The molecule has 0 aliphatic heterocycles. The van der Waals surface area contributed by atoms with E-state index < -0.39 is 46.6 Å². The monoisotopic (exact) mass is 466 g/mol. The molecule has 0 aromatic carbocycles. The zero-order valence-electron chi connectivity index (χ0n) is 15.4. The van der Waals surface area contributed by atoms with Gasteiger partial charge in [-0.2, -0.15) is 13.8 Å². The van der Waals surface area contributed by atoms with Crippen LogP contribution in [0.4, 0.5) is 18.9 Å². The summed E-state index contributed by atoms with van der Waals surface area (Å²) in [5, 5.41) is 0.357. The summed E-state index contributed by atoms with van der Waals surface area (Å²) >= 11 is 5.82. The second kappa shape index (κ2) is 8.53. The molecular formula is C16H14ClF3N4O5S. The number of halogens is 4. The number of methoxy groups -OCH3 is 2. The third-order valence-electron chi connectivity index (χ3n) is 3.83. The first-order valence-electron chi connectivity index (χ1n) is 8.03. The second-order valence-electron chi connectivity index (χ2n) is 5.64. The van der Waals surface area contributed by atoms with Crippen molar-refractivity contribution in [3.63, 3.8) is 0 Å². The fourth-order valence-electron chi connectivity index (χ4n) is 2.62. The number of aromatic amines is 1. The van der Waals surface area contributed by atoms with E-state index in [1.165, 1.54) is 25.4 Å². The van der Waals surface area contributed by atoms with E-state index in [1.54, 1.807) is 0 Å². The van der Waals surface area contributed by atoms with Gasteiger partial charge in [0.05, 0.1) is 7.11 Å². The Morgan fingerprint density at radius 1 is 1.23 bits per heavy atom. The third kappa shape index (κ3) is 4.08. The molecule has 3 heterocycles. The lowest BCUT2D eigenvalue weighted by Crippen LogP contribution is -2.33. The van der Waals surface area contributed by atoms with Gasteiger partial charge in [0.25, 0.3) is 15.9 Å². The predicted molar refractivity (Wildman–Crippen MR) is 100 cm³/mol. The average molecular weight is 467 g/mol. The van der Waals surface area contributed by atoms with Gasteiger partial charge in [-0.3, -0.25) is 0 Å². The van der Waals surface area contributed by atoms with E-state index in [9.17, 15) is 21.6 Å². The number of alkyl halides is 2. The zero-order chi connectivity index (χ0) is 22.1. The van der Waals surface area contributed by atoms with Crippen molar-refractivity contribution in [2.24, 2.45) is 0 Å². The minimum Gasteiger partial charge on any atom is -0.479 e. The van der Waals surface area contributed by atoms with Gasteiger partial charge in [-0.25, -0.2) is 22.1 Å². The van der Waals surface area contributed by atoms with Crippen molar-refractivity contribution in [3.05, 3.63) is 35.4 Å². The van der Waals surface area contributed by atoms with Crippen LogP contribution in [0.2, 0.25) is 5.15 Å². The van der Waals surface area contributed by atoms with E-state index >= 15 is 0 Å². The number of nitrogens with one attached hydrogen (secondary N) is 1. The number of sulfonamides is 1. The van der Waals surface area contributed by atoms with Crippen molar-refractivity contribution in [2.45, 2.75) is 11.5 Å². The fourth-order valence-corrected chi connectivity index (χ4v) is 4.29. The molecule has 162 valence electrons. The number of fused-ring (bicyclic) bond motifs is 1. The lowest BCUT2D eigenvalue weighted by molar-refractivity contribution is -0.0555. The van der Waals surface area contributed by atoms with Crippen LogP contribution in [0.25, 0.3) is 11.0 Å². The third-order valence-corrected chi connectivity index (χ3v) is 5.82. The molecule has 0 radical (unpaired) electrons. The smallest absolute Gasteiger partial charge is 0.388 e. The van der Waals surface area contributed by atoms with E-state index in [0.717, 1.165) is 7.11 Å². The number of pyridine rings is 2. The van der Waals surface area contributed by atoms with E-state index in [1.807, 2.05) is 0 Å². The van der Waals surface area contributed by atoms with Crippen LogP contribution < -0.4 is 13.8 Å². The molecule has 0 unspecified atom stereocenters. The average Bonchev–Trinajstić information content (AvgIpc) is 3.10. The Kier molecular flexibility index (Phi) is 6.24. The molecule has 3 aromatic heterocycles. The maximum absolute atomic E-state index is 14.3. The molecule has 3 rings (SSSR count). The number of hydrogen-bond donors (Lipinski definition) is 1. The summed E-state index contributed by atoms with van der Waals surface area (Å²) < 4.78 is 80.4. The normalized spacial score (nSPS) is 11.8. The van der Waals surface area contributed by atoms with Gasteiger partial charge < -0.3 is 19.2 Å². The molecule has 1 N–H and O–H groups in total. The Morgan fingerprint density at radius 3 is 2.60 bits per heavy atom. The Labute approximate surface area is 173 Å². The Morgan fingerprint density at radius 2 is 1.97 bits per heavy atom. The second-order valence-corrected chi connectivity index (χ2v) is 7.85. The van der Waals surface area contributed by atoms with E-state index in [2.05, 4.69) is 19.7 Å². The quantitative estimate of drug-likeness (QED) is 0.401. The summed E-state index contributed by atoms with van der Waals surface area (Å²) in [4.78, 5) is 9.96. The lowest BCUT2D eigenvalue weighted by Gasteiger charge is -2.24. The summed E-state index contributed by atoms with van der Waals surface area (Å²) in [6, 6.07) is 3.48. The van der Waals surface area contributed by atoms with Crippen LogP contribution >= 0.6 is 11.6 Å². The molecule has 0 amide bonds. The molecule has 0 spiro atoms. The number of H-pyrrole nitrogens is 1. The van der Waals surface area contributed by atoms with E-state index in [-0.39, 0.29) is 21.1 Å². The van der Waals surface area contributed by atoms with E-state index in [0.29, 0.717) is 10.4 Å². The molecule has 3 aromatic rings. The zero-order valence-corrected chi connectivity index (χ0v) is 17.0. The van der Waals surface area contributed by atoms with Crippen LogP contribution in [-0.2, 0) is 14.8 Å². The van der Waals surface area contributed by atoms with E-state index in [4.69, 9.17) is 21.1 Å². The van der Waals surface area contributed by atoms with Crippen LogP contribution in [0.1, 0.15) is 0 Å². The van der Waals surface area contributed by atoms with Crippen molar-refractivity contribution in [3.8, 4) is 11.8 Å². The maximum atomic E-state index is 14.3. The van der Waals surface area contributed by atoms with Crippen LogP contribution in [0.3, 0.4) is 0 Å². The number of aromatic nitrogens is 3. The van der Waals surface area contributed by atoms with Crippen molar-refractivity contribution in [1.29, 1.82) is 0 Å². The molecule has 0 fully saturated rings. The summed E-state index contributed by atoms with van der Waals surface area (Å²) in [5.41, 5.74) is -0.190. The maximum Gasteiger partial charge on any atom is 0.388 e. The highest BCUT2D eigenvalue weighted by Gasteiger charge is 2.32. The Balaban J connectivity index is 2.16. The first-order chi connectivity index (χ1) is 14.2. The standard InChI is InChI=1S/C16H14ClF3N4O5S/c1-27-7-24(10-5-9(18)14(29-16(19)20)23-15(10)28-2)30(25,26)11-6-21-13-8(11)3-4-12(17)22-13/h3-6,16H,7H2,1-2H3,(H,21,22). The van der Waals surface area contributed by atoms with Crippen molar-refractivity contribution >= 4 is 38.3 Å². The largest absolute Gasteiger partial charge is 0.479 e. The molecule has 30 heavy (non-hydrogen) atoms. The summed E-state index contributed by atoms with van der Waals surface area (Å²) in [7, 11) is -2.07. The first kappa shape index (κ1) is 21.9. The van der Waals surface area contributed by atoms with Gasteiger partial charge in [0.2, 0.25) is 5.88 Å². The Hall–Kier alpha value is -2.77. The number of nitrogens with zero attached hydrogens (tertiary/aromatic N) is 3. The topological polar surface area (TPSA) is 107 Å². The van der Waals surface area contributed by atoms with Gasteiger partial charge in [0.15, 0.2) is 5.82 Å². The Bertz CT molecular complexity index is 1180. The molecule has 0 saturated heterocycles. The number of ether oxygens (including phenoxy) is 3. The summed E-state index contributed by atoms with van der Waals surface area (Å²) in [5.74, 6) is -2.85. The summed E-state index contributed by atoms with van der Waals surface area (Å²) in [6.07, 6.45) is 1.18. The lowest BCUT2D eigenvalue weighted by atomic mass is 10.3. The van der Waals surface area contributed by atoms with Crippen molar-refractivity contribution in [2.75, 3.05) is 25.3 Å². The van der Waals surface area contributed by atoms with Gasteiger partial charge in [0, 0.05) is 24.8 Å². The minimum absolute atomic E-state index is 0.143. The number of anilines is 1. The summed E-state index contributed by atoms with van der Waals surface area (Å²) in [6.45, 7) is -3.91. The van der Waals surface area contributed by atoms with Crippen LogP contribution in [0, 0.1) is 5.82 Å². The highest BCUT2D eigenvalue weighted by atomic mass is 35.5. The first-order valence-corrected chi connectivity index (χ1v) is 9.85. The SMILES string of the molecule is COCN(c1cc(F)c(OC(F)F)nc1OC)S(=O)(=O)c1c[nH]c2nc(Cl)ccc12. The number of rotatable bonds is 8.